The van der Waals surface area contributed by atoms with Gasteiger partial charge in [-0.1, -0.05) is 26.0 Å². The highest BCUT2D eigenvalue weighted by Gasteiger charge is 2.33. The average molecular weight is 272 g/mol. The van der Waals surface area contributed by atoms with Gasteiger partial charge in [0.2, 0.25) is 0 Å². The lowest BCUT2D eigenvalue weighted by Crippen LogP contribution is -2.31. The first-order valence-electron chi connectivity index (χ1n) is 7.41. The summed E-state index contributed by atoms with van der Waals surface area (Å²) in [7, 11) is 0. The molecule has 0 bridgehead atoms. The molecule has 0 saturated heterocycles. The molecular formula is C17H24N2O. The normalized spacial score (nSPS) is 12.3. The highest BCUT2D eigenvalue weighted by Crippen LogP contribution is 2.32. The zero-order chi connectivity index (χ0) is 14.9. The fourth-order valence-corrected chi connectivity index (χ4v) is 2.67. The van der Waals surface area contributed by atoms with Crippen molar-refractivity contribution in [2.24, 2.45) is 0 Å². The van der Waals surface area contributed by atoms with Gasteiger partial charge in [0.15, 0.2) is 0 Å². The molecule has 0 atom stereocenters. The van der Waals surface area contributed by atoms with E-state index in [1.807, 2.05) is 32.0 Å². The van der Waals surface area contributed by atoms with Crippen LogP contribution in [-0.4, -0.2) is 15.3 Å². The number of carbonyl (C=O) groups is 1. The largest absolute Gasteiger partial charge is 0.324 e. The van der Waals surface area contributed by atoms with Crippen LogP contribution in [0, 0.1) is 0 Å². The molecule has 0 aliphatic heterocycles. The van der Waals surface area contributed by atoms with E-state index in [0.717, 1.165) is 29.7 Å². The lowest BCUT2D eigenvalue weighted by atomic mass is 9.87. The lowest BCUT2D eigenvalue weighted by molar-refractivity contribution is -0.121. The Hall–Kier alpha value is -1.64. The fraction of sp³-hybridized carbons (Fsp3) is 0.529. The Bertz CT molecular complexity index is 621. The number of benzene rings is 1. The molecule has 2 aromatic rings. The summed E-state index contributed by atoms with van der Waals surface area (Å²) < 4.78 is 2.27. The molecule has 0 aliphatic carbocycles. The number of imidazole rings is 1. The van der Waals surface area contributed by atoms with E-state index in [9.17, 15) is 4.79 Å². The monoisotopic (exact) mass is 272 g/mol. The number of para-hydroxylation sites is 2. The predicted molar refractivity (Wildman–Crippen MR) is 83.1 cm³/mol. The van der Waals surface area contributed by atoms with E-state index in [1.165, 1.54) is 0 Å². The van der Waals surface area contributed by atoms with E-state index in [4.69, 9.17) is 4.98 Å². The number of nitrogens with zero attached hydrogens (tertiary/aromatic N) is 2. The van der Waals surface area contributed by atoms with Crippen LogP contribution in [-0.2, 0) is 10.2 Å². The quantitative estimate of drug-likeness (QED) is 0.815. The van der Waals surface area contributed by atoms with Crippen molar-refractivity contribution in [3.63, 3.8) is 0 Å². The van der Waals surface area contributed by atoms with Gasteiger partial charge in [-0.15, -0.1) is 0 Å². The first-order valence-corrected chi connectivity index (χ1v) is 7.41. The van der Waals surface area contributed by atoms with E-state index >= 15 is 0 Å². The summed E-state index contributed by atoms with van der Waals surface area (Å²) in [4.78, 5) is 16.8. The molecule has 20 heavy (non-hydrogen) atoms. The first-order chi connectivity index (χ1) is 9.43. The number of rotatable bonds is 5. The molecule has 0 radical (unpaired) electrons. The predicted octanol–water partition coefficient (Wildman–Crippen LogP) is 4.26. The molecule has 1 heterocycles. The molecule has 1 aromatic heterocycles. The third-order valence-corrected chi connectivity index (χ3v) is 4.34. The maximum atomic E-state index is 12.0. The lowest BCUT2D eigenvalue weighted by Gasteiger charge is -2.26. The second kappa shape index (κ2) is 5.39. The van der Waals surface area contributed by atoms with Crippen LogP contribution in [0.2, 0.25) is 0 Å². The van der Waals surface area contributed by atoms with Crippen LogP contribution in [0.3, 0.4) is 0 Å². The molecule has 2 rings (SSSR count). The number of hydrogen-bond donors (Lipinski definition) is 0. The second-order valence-electron chi connectivity index (χ2n) is 5.95. The SMILES string of the molecule is CCC(CC)n1c(C(C)(C)C(C)=O)nc2ccccc21. The summed E-state index contributed by atoms with van der Waals surface area (Å²) in [5.41, 5.74) is 1.55. The third kappa shape index (κ3) is 2.26. The van der Waals surface area contributed by atoms with Gasteiger partial charge in [0, 0.05) is 6.04 Å². The maximum Gasteiger partial charge on any atom is 0.142 e. The molecule has 3 heteroatoms. The summed E-state index contributed by atoms with van der Waals surface area (Å²) in [5.74, 6) is 1.04. The minimum absolute atomic E-state index is 0.153. The van der Waals surface area contributed by atoms with Gasteiger partial charge >= 0.3 is 0 Å². The van der Waals surface area contributed by atoms with E-state index in [1.54, 1.807) is 6.92 Å². The number of aromatic nitrogens is 2. The Labute approximate surface area is 121 Å². The van der Waals surface area contributed by atoms with E-state index in [2.05, 4.69) is 24.5 Å². The summed E-state index contributed by atoms with van der Waals surface area (Å²) in [6.07, 6.45) is 2.08. The Kier molecular flexibility index (Phi) is 3.98. The highest BCUT2D eigenvalue weighted by atomic mass is 16.1. The van der Waals surface area contributed by atoms with Crippen molar-refractivity contribution in [2.45, 2.75) is 58.9 Å². The van der Waals surface area contributed by atoms with Crippen LogP contribution >= 0.6 is 0 Å². The Balaban J connectivity index is 2.76. The van der Waals surface area contributed by atoms with Crippen molar-refractivity contribution in [3.05, 3.63) is 30.1 Å². The van der Waals surface area contributed by atoms with Crippen LogP contribution < -0.4 is 0 Å². The standard InChI is InChI=1S/C17H24N2O/c1-6-13(7-2)19-15-11-9-8-10-14(15)18-16(19)17(4,5)12(3)20/h8-11,13H,6-7H2,1-5H3. The van der Waals surface area contributed by atoms with Crippen LogP contribution in [0.15, 0.2) is 24.3 Å². The van der Waals surface area contributed by atoms with E-state index in [-0.39, 0.29) is 5.78 Å². The molecule has 0 N–H and O–H groups in total. The molecular weight excluding hydrogens is 248 g/mol. The Morgan fingerprint density at radius 1 is 1.25 bits per heavy atom. The topological polar surface area (TPSA) is 34.9 Å². The van der Waals surface area contributed by atoms with Gasteiger partial charge in [-0.25, -0.2) is 4.98 Å². The number of fused-ring (bicyclic) bond motifs is 1. The van der Waals surface area contributed by atoms with Crippen molar-refractivity contribution < 1.29 is 4.79 Å². The molecule has 0 spiro atoms. The maximum absolute atomic E-state index is 12.0. The van der Waals surface area contributed by atoms with Crippen LogP contribution in [0.4, 0.5) is 0 Å². The zero-order valence-corrected chi connectivity index (χ0v) is 13.1. The van der Waals surface area contributed by atoms with E-state index < -0.39 is 5.41 Å². The molecule has 0 fully saturated rings. The summed E-state index contributed by atoms with van der Waals surface area (Å²) in [6.45, 7) is 9.96. The van der Waals surface area contributed by atoms with Crippen molar-refractivity contribution in [1.82, 2.24) is 9.55 Å². The summed E-state index contributed by atoms with van der Waals surface area (Å²) in [6, 6.07) is 8.54. The molecule has 1 aromatic carbocycles. The highest BCUT2D eigenvalue weighted by molar-refractivity contribution is 5.88. The number of ketones is 1. The number of hydrogen-bond acceptors (Lipinski definition) is 2. The molecule has 108 valence electrons. The van der Waals surface area contributed by atoms with Gasteiger partial charge in [-0.3, -0.25) is 4.79 Å². The summed E-state index contributed by atoms with van der Waals surface area (Å²) >= 11 is 0. The van der Waals surface area contributed by atoms with Gasteiger partial charge in [-0.05, 0) is 45.7 Å². The smallest absolute Gasteiger partial charge is 0.142 e. The molecule has 0 amide bonds. The van der Waals surface area contributed by atoms with E-state index in [0.29, 0.717) is 6.04 Å². The minimum Gasteiger partial charge on any atom is -0.324 e. The molecule has 3 nitrogen and oxygen atoms in total. The van der Waals surface area contributed by atoms with Crippen LogP contribution in [0.5, 0.6) is 0 Å². The van der Waals surface area contributed by atoms with Crippen molar-refractivity contribution in [1.29, 1.82) is 0 Å². The van der Waals surface area contributed by atoms with Gasteiger partial charge in [0.25, 0.3) is 0 Å². The average Bonchev–Trinajstić information content (AvgIpc) is 2.81. The fourth-order valence-electron chi connectivity index (χ4n) is 2.67. The minimum atomic E-state index is -0.554. The van der Waals surface area contributed by atoms with Crippen LogP contribution in [0.25, 0.3) is 11.0 Å². The van der Waals surface area contributed by atoms with Gasteiger partial charge in [0.1, 0.15) is 11.6 Å². The van der Waals surface area contributed by atoms with Crippen molar-refractivity contribution >= 4 is 16.8 Å². The number of carbonyl (C=O) groups excluding carboxylic acids is 1. The van der Waals surface area contributed by atoms with Gasteiger partial charge in [-0.2, -0.15) is 0 Å². The Morgan fingerprint density at radius 2 is 1.85 bits per heavy atom. The third-order valence-electron chi connectivity index (χ3n) is 4.34. The molecule has 0 aliphatic rings. The van der Waals surface area contributed by atoms with Crippen LogP contribution in [0.1, 0.15) is 59.3 Å². The first kappa shape index (κ1) is 14.8. The van der Waals surface area contributed by atoms with Crippen molar-refractivity contribution in [2.75, 3.05) is 0 Å². The van der Waals surface area contributed by atoms with Crippen molar-refractivity contribution in [3.8, 4) is 0 Å². The zero-order valence-electron chi connectivity index (χ0n) is 13.1. The van der Waals surface area contributed by atoms with Gasteiger partial charge in [0.05, 0.1) is 16.4 Å². The Morgan fingerprint density at radius 3 is 2.40 bits per heavy atom. The second-order valence-corrected chi connectivity index (χ2v) is 5.95. The van der Waals surface area contributed by atoms with Gasteiger partial charge < -0.3 is 4.57 Å². The number of Topliss-reactive ketones (excluding diaryl/α,β-unsaturated/α-hetero) is 1. The molecule has 0 unspecified atom stereocenters. The summed E-state index contributed by atoms with van der Waals surface area (Å²) in [5, 5.41) is 0. The molecule has 0 saturated carbocycles.